The number of carbonyl (C=O) groups excluding carboxylic acids is 1. The molecule has 2 fully saturated rings. The molecule has 2 aliphatic rings. The summed E-state index contributed by atoms with van der Waals surface area (Å²) >= 11 is 0. The first-order valence-electron chi connectivity index (χ1n) is 10.6. The minimum absolute atomic E-state index is 0.0128. The number of methoxy groups -OCH3 is 1. The molecule has 2 bridgehead atoms. The number of amides is 1. The van der Waals surface area contributed by atoms with Crippen LogP contribution in [0.15, 0.2) is 42.7 Å². The van der Waals surface area contributed by atoms with E-state index in [1.165, 1.54) is 12.8 Å². The number of nitrogens with zero attached hydrogens (tertiary/aromatic N) is 2. The van der Waals surface area contributed by atoms with Gasteiger partial charge in [0, 0.05) is 43.2 Å². The smallest absolute Gasteiger partial charge is 0.252 e. The second-order valence-electron chi connectivity index (χ2n) is 8.47. The number of aryl methyl sites for hydroxylation is 2. The maximum absolute atomic E-state index is 13.4. The molecule has 1 unspecified atom stereocenters. The van der Waals surface area contributed by atoms with E-state index in [0.29, 0.717) is 12.6 Å². The molecule has 2 saturated heterocycles. The van der Waals surface area contributed by atoms with Crippen molar-refractivity contribution in [2.45, 2.75) is 57.2 Å². The van der Waals surface area contributed by atoms with Gasteiger partial charge in [-0.05, 0) is 68.4 Å². The highest BCUT2D eigenvalue weighted by atomic mass is 16.5. The van der Waals surface area contributed by atoms with Crippen LogP contribution < -0.4 is 5.32 Å². The summed E-state index contributed by atoms with van der Waals surface area (Å²) in [6.07, 6.45) is 8.22. The van der Waals surface area contributed by atoms with Crippen LogP contribution in [-0.4, -0.2) is 47.6 Å². The van der Waals surface area contributed by atoms with Gasteiger partial charge in [-0.3, -0.25) is 14.7 Å². The molecule has 0 aliphatic carbocycles. The number of fused-ring (bicyclic) bond motifs is 2. The summed E-state index contributed by atoms with van der Waals surface area (Å²) in [5, 5.41) is 3.45. The molecule has 1 aromatic carbocycles. The largest absolute Gasteiger partial charge is 0.383 e. The summed E-state index contributed by atoms with van der Waals surface area (Å²) < 4.78 is 5.40. The number of pyridine rings is 1. The van der Waals surface area contributed by atoms with Crippen LogP contribution >= 0.6 is 0 Å². The fourth-order valence-corrected chi connectivity index (χ4v) is 5.57. The van der Waals surface area contributed by atoms with Crippen molar-refractivity contribution in [3.8, 4) is 0 Å². The van der Waals surface area contributed by atoms with Crippen molar-refractivity contribution in [2.75, 3.05) is 20.3 Å². The van der Waals surface area contributed by atoms with Gasteiger partial charge in [0.1, 0.15) is 0 Å². The quantitative estimate of drug-likeness (QED) is 0.777. The third kappa shape index (κ3) is 3.58. The number of aromatic nitrogens is 1. The first-order chi connectivity index (χ1) is 14.1. The highest BCUT2D eigenvalue weighted by Gasteiger charge is 2.56. The van der Waals surface area contributed by atoms with Crippen molar-refractivity contribution >= 4 is 5.91 Å². The molecule has 0 saturated carbocycles. The van der Waals surface area contributed by atoms with Crippen LogP contribution in [0.25, 0.3) is 0 Å². The van der Waals surface area contributed by atoms with Crippen LogP contribution in [0.4, 0.5) is 0 Å². The van der Waals surface area contributed by atoms with E-state index in [2.05, 4.69) is 15.2 Å². The molecular weight excluding hydrogens is 362 g/mol. The Morgan fingerprint density at radius 3 is 2.48 bits per heavy atom. The Morgan fingerprint density at radius 2 is 1.86 bits per heavy atom. The average Bonchev–Trinajstić information content (AvgIpc) is 3.26. The average molecular weight is 394 g/mol. The van der Waals surface area contributed by atoms with E-state index < -0.39 is 0 Å². The number of ether oxygens (including phenoxy) is 1. The highest BCUT2D eigenvalue weighted by Crippen LogP contribution is 2.52. The van der Waals surface area contributed by atoms with E-state index in [-0.39, 0.29) is 17.5 Å². The fraction of sp³-hybridized carbons (Fsp3) is 0.500. The summed E-state index contributed by atoms with van der Waals surface area (Å²) in [5.41, 5.74) is 3.89. The van der Waals surface area contributed by atoms with Crippen molar-refractivity contribution in [1.82, 2.24) is 15.2 Å². The lowest BCUT2D eigenvalue weighted by atomic mass is 9.78. The van der Waals surface area contributed by atoms with E-state index in [1.807, 2.05) is 56.6 Å². The van der Waals surface area contributed by atoms with Crippen LogP contribution in [0.3, 0.4) is 0 Å². The van der Waals surface area contributed by atoms with Gasteiger partial charge >= 0.3 is 0 Å². The van der Waals surface area contributed by atoms with Crippen LogP contribution in [0, 0.1) is 13.8 Å². The van der Waals surface area contributed by atoms with Gasteiger partial charge in [0.05, 0.1) is 12.6 Å². The Bertz CT molecular complexity index is 839. The molecule has 2 aliphatic heterocycles. The summed E-state index contributed by atoms with van der Waals surface area (Å²) in [6.45, 7) is 5.63. The maximum Gasteiger partial charge on any atom is 0.252 e. The predicted octanol–water partition coefficient (Wildman–Crippen LogP) is 3.81. The number of rotatable bonds is 7. The molecule has 29 heavy (non-hydrogen) atoms. The van der Waals surface area contributed by atoms with Crippen molar-refractivity contribution in [1.29, 1.82) is 0 Å². The van der Waals surface area contributed by atoms with E-state index in [0.717, 1.165) is 41.6 Å². The zero-order valence-electron chi connectivity index (χ0n) is 17.6. The standard InChI is InChI=1S/C24H31N3O2/c1-17-5-4-6-18(2)21(17)23(28)26-22(19-9-13-25-14-10-19)24-11-7-20(8-12-24)27(24)15-16-29-3/h4-6,9-10,13-14,20,22H,7-8,11-12,15-16H2,1-3H3,(H,26,28). The monoisotopic (exact) mass is 393 g/mol. The van der Waals surface area contributed by atoms with Gasteiger partial charge in [0.25, 0.3) is 5.91 Å². The minimum Gasteiger partial charge on any atom is -0.383 e. The normalized spacial score (nSPS) is 24.6. The second-order valence-corrected chi connectivity index (χ2v) is 8.47. The Hall–Kier alpha value is -2.24. The van der Waals surface area contributed by atoms with Gasteiger partial charge in [0.15, 0.2) is 0 Å². The van der Waals surface area contributed by atoms with E-state index >= 15 is 0 Å². The Labute approximate surface area is 173 Å². The fourth-order valence-electron chi connectivity index (χ4n) is 5.57. The maximum atomic E-state index is 13.4. The molecule has 1 N–H and O–H groups in total. The molecule has 5 nitrogen and oxygen atoms in total. The summed E-state index contributed by atoms with van der Waals surface area (Å²) in [5.74, 6) is 0.0128. The first kappa shape index (κ1) is 20.0. The van der Waals surface area contributed by atoms with E-state index in [9.17, 15) is 4.79 Å². The molecular formula is C24H31N3O2. The minimum atomic E-state index is -0.0682. The van der Waals surface area contributed by atoms with Crippen molar-refractivity contribution in [3.63, 3.8) is 0 Å². The first-order valence-corrected chi connectivity index (χ1v) is 10.6. The second kappa shape index (κ2) is 8.25. The Morgan fingerprint density at radius 1 is 1.21 bits per heavy atom. The van der Waals surface area contributed by atoms with Gasteiger partial charge in [-0.2, -0.15) is 0 Å². The van der Waals surface area contributed by atoms with Crippen molar-refractivity contribution in [3.05, 3.63) is 65.0 Å². The van der Waals surface area contributed by atoms with Crippen LogP contribution in [0.5, 0.6) is 0 Å². The number of nitrogens with one attached hydrogen (secondary N) is 1. The third-order valence-electron chi connectivity index (χ3n) is 6.93. The van der Waals surface area contributed by atoms with Gasteiger partial charge in [0.2, 0.25) is 0 Å². The van der Waals surface area contributed by atoms with Crippen LogP contribution in [0.1, 0.15) is 58.8 Å². The van der Waals surface area contributed by atoms with Gasteiger partial charge in [-0.15, -0.1) is 0 Å². The Kier molecular flexibility index (Phi) is 5.70. The number of hydrogen-bond donors (Lipinski definition) is 1. The topological polar surface area (TPSA) is 54.5 Å². The predicted molar refractivity (Wildman–Crippen MR) is 114 cm³/mol. The number of hydrogen-bond acceptors (Lipinski definition) is 4. The molecule has 4 rings (SSSR count). The molecule has 3 heterocycles. The molecule has 0 spiro atoms. The molecule has 5 heteroatoms. The van der Waals surface area contributed by atoms with Gasteiger partial charge in [-0.25, -0.2) is 0 Å². The number of carbonyl (C=O) groups is 1. The zero-order valence-corrected chi connectivity index (χ0v) is 17.6. The van der Waals surface area contributed by atoms with E-state index in [4.69, 9.17) is 4.74 Å². The van der Waals surface area contributed by atoms with Gasteiger partial charge in [-0.1, -0.05) is 18.2 Å². The molecule has 1 amide bonds. The molecule has 0 radical (unpaired) electrons. The van der Waals surface area contributed by atoms with E-state index in [1.54, 1.807) is 7.11 Å². The SMILES string of the molecule is COCCN1C2CCC1(C(NC(=O)c1c(C)cccc1C)c1ccncc1)CC2. The molecule has 2 aromatic rings. The lowest BCUT2D eigenvalue weighted by molar-refractivity contribution is 0.0637. The lowest BCUT2D eigenvalue weighted by Gasteiger charge is -2.42. The molecule has 1 aromatic heterocycles. The third-order valence-corrected chi connectivity index (χ3v) is 6.93. The van der Waals surface area contributed by atoms with Crippen LogP contribution in [-0.2, 0) is 4.74 Å². The van der Waals surface area contributed by atoms with Crippen LogP contribution in [0.2, 0.25) is 0 Å². The van der Waals surface area contributed by atoms with Crippen molar-refractivity contribution < 1.29 is 9.53 Å². The summed E-state index contributed by atoms with van der Waals surface area (Å²) in [7, 11) is 1.76. The Balaban J connectivity index is 1.71. The summed E-state index contributed by atoms with van der Waals surface area (Å²) in [6, 6.07) is 10.6. The lowest BCUT2D eigenvalue weighted by Crippen LogP contribution is -2.53. The zero-order chi connectivity index (χ0) is 20.4. The molecule has 154 valence electrons. The summed E-state index contributed by atoms with van der Waals surface area (Å²) in [4.78, 5) is 20.3. The van der Waals surface area contributed by atoms with Crippen molar-refractivity contribution in [2.24, 2.45) is 0 Å². The van der Waals surface area contributed by atoms with Gasteiger partial charge < -0.3 is 10.1 Å². The molecule has 1 atom stereocenters. The number of benzene rings is 1. The highest BCUT2D eigenvalue weighted by molar-refractivity contribution is 5.97.